The Balaban J connectivity index is 1.97. The second kappa shape index (κ2) is 7.22. The highest BCUT2D eigenvalue weighted by atomic mass is 32.1. The molecule has 0 aliphatic carbocycles. The molecular formula is C19H17NO2S. The van der Waals surface area contributed by atoms with Crippen molar-refractivity contribution in [2.24, 2.45) is 0 Å². The van der Waals surface area contributed by atoms with Crippen LogP contribution in [0, 0.1) is 0 Å². The van der Waals surface area contributed by atoms with E-state index in [0.29, 0.717) is 0 Å². The monoisotopic (exact) mass is 323 g/mol. The predicted octanol–water partition coefficient (Wildman–Crippen LogP) is 4.25. The Kier molecular flexibility index (Phi) is 4.86. The highest BCUT2D eigenvalue weighted by molar-refractivity contribution is 7.08. The predicted molar refractivity (Wildman–Crippen MR) is 92.6 cm³/mol. The summed E-state index contributed by atoms with van der Waals surface area (Å²) in [5.74, 6) is -0.875. The summed E-state index contributed by atoms with van der Waals surface area (Å²) in [6, 6.07) is 20.7. The van der Waals surface area contributed by atoms with Gasteiger partial charge in [-0.05, 0) is 33.5 Å². The Morgan fingerprint density at radius 1 is 0.870 bits per heavy atom. The van der Waals surface area contributed by atoms with E-state index in [0.717, 1.165) is 16.7 Å². The molecule has 0 amide bonds. The van der Waals surface area contributed by atoms with Crippen molar-refractivity contribution in [2.75, 3.05) is 0 Å². The van der Waals surface area contributed by atoms with Gasteiger partial charge in [0.2, 0.25) is 0 Å². The molecule has 3 aromatic rings. The molecule has 3 nitrogen and oxygen atoms in total. The molecule has 0 saturated carbocycles. The van der Waals surface area contributed by atoms with Crippen LogP contribution in [0.15, 0.2) is 77.5 Å². The zero-order chi connectivity index (χ0) is 16.1. The number of thiophene rings is 1. The minimum Gasteiger partial charge on any atom is -0.480 e. The van der Waals surface area contributed by atoms with Crippen LogP contribution in [0.25, 0.3) is 0 Å². The molecule has 0 unspecified atom stereocenters. The van der Waals surface area contributed by atoms with Crippen LogP contribution in [-0.4, -0.2) is 11.1 Å². The third-order valence-corrected chi connectivity index (χ3v) is 4.42. The number of hydrogen-bond donors (Lipinski definition) is 2. The molecular weight excluding hydrogens is 306 g/mol. The van der Waals surface area contributed by atoms with Crippen molar-refractivity contribution in [3.8, 4) is 0 Å². The van der Waals surface area contributed by atoms with Crippen LogP contribution in [0.5, 0.6) is 0 Å². The molecule has 4 heteroatoms. The molecule has 2 aromatic carbocycles. The van der Waals surface area contributed by atoms with Crippen LogP contribution >= 0.6 is 11.3 Å². The molecule has 23 heavy (non-hydrogen) atoms. The summed E-state index contributed by atoms with van der Waals surface area (Å²) in [5.41, 5.74) is 2.86. The summed E-state index contributed by atoms with van der Waals surface area (Å²) >= 11 is 1.50. The molecule has 1 aromatic heterocycles. The van der Waals surface area contributed by atoms with Crippen molar-refractivity contribution in [3.63, 3.8) is 0 Å². The summed E-state index contributed by atoms with van der Waals surface area (Å²) in [5, 5.41) is 16.7. The Bertz CT molecular complexity index is 702. The molecule has 116 valence electrons. The Hall–Kier alpha value is -2.43. The first-order valence-electron chi connectivity index (χ1n) is 7.36. The number of benzene rings is 2. The standard InChI is InChI=1S/C19H17NO2S/c21-19(22)18(16-11-12-23-13-16)20-17(14-7-3-1-4-8-14)15-9-5-2-6-10-15/h1-13,17-18,20H,(H,21,22)/t18-/m0/s1. The maximum absolute atomic E-state index is 11.7. The molecule has 0 radical (unpaired) electrons. The minimum atomic E-state index is -0.875. The minimum absolute atomic E-state index is 0.182. The zero-order valence-electron chi connectivity index (χ0n) is 12.4. The van der Waals surface area contributed by atoms with E-state index in [4.69, 9.17) is 0 Å². The lowest BCUT2D eigenvalue weighted by molar-refractivity contribution is -0.139. The van der Waals surface area contributed by atoms with Crippen LogP contribution in [0.2, 0.25) is 0 Å². The summed E-state index contributed by atoms with van der Waals surface area (Å²) in [7, 11) is 0. The first-order chi connectivity index (χ1) is 11.3. The molecule has 0 saturated heterocycles. The number of hydrogen-bond acceptors (Lipinski definition) is 3. The van der Waals surface area contributed by atoms with Gasteiger partial charge in [-0.25, -0.2) is 0 Å². The lowest BCUT2D eigenvalue weighted by Gasteiger charge is -2.24. The van der Waals surface area contributed by atoms with Gasteiger partial charge in [0, 0.05) is 0 Å². The van der Waals surface area contributed by atoms with E-state index in [1.165, 1.54) is 11.3 Å². The van der Waals surface area contributed by atoms with Gasteiger partial charge in [-0.2, -0.15) is 11.3 Å². The summed E-state index contributed by atoms with van der Waals surface area (Å²) in [4.78, 5) is 11.7. The van der Waals surface area contributed by atoms with Gasteiger partial charge in [0.25, 0.3) is 0 Å². The Morgan fingerprint density at radius 3 is 1.87 bits per heavy atom. The van der Waals surface area contributed by atoms with E-state index < -0.39 is 12.0 Å². The van der Waals surface area contributed by atoms with Crippen molar-refractivity contribution >= 4 is 17.3 Å². The smallest absolute Gasteiger partial charge is 0.325 e. The van der Waals surface area contributed by atoms with Crippen LogP contribution in [0.4, 0.5) is 0 Å². The van der Waals surface area contributed by atoms with Crippen LogP contribution in [0.3, 0.4) is 0 Å². The van der Waals surface area contributed by atoms with Crippen LogP contribution < -0.4 is 5.32 Å². The Morgan fingerprint density at radius 2 is 1.43 bits per heavy atom. The van der Waals surface area contributed by atoms with Gasteiger partial charge in [-0.3, -0.25) is 10.1 Å². The van der Waals surface area contributed by atoms with Crippen molar-refractivity contribution in [1.29, 1.82) is 0 Å². The SMILES string of the molecule is O=C(O)[C@@H](NC(c1ccccc1)c1ccccc1)c1ccsc1. The maximum atomic E-state index is 11.7. The van der Waals surface area contributed by atoms with E-state index in [1.54, 1.807) is 0 Å². The third kappa shape index (κ3) is 3.67. The van der Waals surface area contributed by atoms with Crippen molar-refractivity contribution in [3.05, 3.63) is 94.2 Å². The van der Waals surface area contributed by atoms with E-state index in [9.17, 15) is 9.90 Å². The number of aliphatic carboxylic acids is 1. The topological polar surface area (TPSA) is 49.3 Å². The van der Waals surface area contributed by atoms with Gasteiger partial charge >= 0.3 is 5.97 Å². The summed E-state index contributed by atoms with van der Waals surface area (Å²) in [6.07, 6.45) is 0. The quantitative estimate of drug-likeness (QED) is 0.713. The molecule has 0 fully saturated rings. The fraction of sp³-hybridized carbons (Fsp3) is 0.105. The number of nitrogens with one attached hydrogen (secondary N) is 1. The number of carboxylic acids is 1. The van der Waals surface area contributed by atoms with E-state index >= 15 is 0 Å². The highest BCUT2D eigenvalue weighted by Crippen LogP contribution is 2.27. The maximum Gasteiger partial charge on any atom is 0.325 e. The van der Waals surface area contributed by atoms with Crippen molar-refractivity contribution in [1.82, 2.24) is 5.32 Å². The zero-order valence-corrected chi connectivity index (χ0v) is 13.2. The fourth-order valence-corrected chi connectivity index (χ4v) is 3.28. The Labute approximate surface area is 139 Å². The number of carbonyl (C=O) groups is 1. The largest absolute Gasteiger partial charge is 0.480 e. The second-order valence-corrected chi connectivity index (χ2v) is 6.03. The van der Waals surface area contributed by atoms with Crippen LogP contribution in [0.1, 0.15) is 28.8 Å². The average Bonchev–Trinajstić information content (AvgIpc) is 3.11. The van der Waals surface area contributed by atoms with E-state index in [-0.39, 0.29) is 6.04 Å². The van der Waals surface area contributed by atoms with E-state index in [2.05, 4.69) is 5.32 Å². The summed E-state index contributed by atoms with van der Waals surface area (Å²) < 4.78 is 0. The van der Waals surface area contributed by atoms with Crippen molar-refractivity contribution < 1.29 is 9.90 Å². The average molecular weight is 323 g/mol. The molecule has 2 N–H and O–H groups in total. The van der Waals surface area contributed by atoms with Gasteiger partial charge in [-0.15, -0.1) is 0 Å². The van der Waals surface area contributed by atoms with Crippen molar-refractivity contribution in [2.45, 2.75) is 12.1 Å². The first-order valence-corrected chi connectivity index (χ1v) is 8.31. The van der Waals surface area contributed by atoms with Gasteiger partial charge in [0.15, 0.2) is 0 Å². The second-order valence-electron chi connectivity index (χ2n) is 5.25. The molecule has 1 atom stereocenters. The molecule has 1 heterocycles. The summed E-state index contributed by atoms with van der Waals surface area (Å²) in [6.45, 7) is 0. The third-order valence-electron chi connectivity index (χ3n) is 3.72. The van der Waals surface area contributed by atoms with Gasteiger partial charge < -0.3 is 5.11 Å². The van der Waals surface area contributed by atoms with Gasteiger partial charge in [0.1, 0.15) is 6.04 Å². The highest BCUT2D eigenvalue weighted by Gasteiger charge is 2.25. The fourth-order valence-electron chi connectivity index (χ4n) is 2.59. The molecule has 0 aliphatic heterocycles. The lowest BCUT2D eigenvalue weighted by atomic mass is 9.97. The number of carboxylic acid groups (broad SMARTS) is 1. The molecule has 0 bridgehead atoms. The molecule has 3 rings (SSSR count). The molecule has 0 spiro atoms. The molecule has 0 aliphatic rings. The normalized spacial score (nSPS) is 12.2. The van der Waals surface area contributed by atoms with Gasteiger partial charge in [-0.1, -0.05) is 60.7 Å². The van der Waals surface area contributed by atoms with Crippen LogP contribution in [-0.2, 0) is 4.79 Å². The lowest BCUT2D eigenvalue weighted by Crippen LogP contribution is -2.32. The van der Waals surface area contributed by atoms with Gasteiger partial charge in [0.05, 0.1) is 6.04 Å². The number of rotatable bonds is 6. The van der Waals surface area contributed by atoms with E-state index in [1.807, 2.05) is 77.5 Å². The first kappa shape index (κ1) is 15.5.